The summed E-state index contributed by atoms with van der Waals surface area (Å²) in [6, 6.07) is 9.44. The molecule has 3 nitrogen and oxygen atoms in total. The van der Waals surface area contributed by atoms with Gasteiger partial charge in [0.05, 0.1) is 11.7 Å². The second kappa shape index (κ2) is 6.91. The van der Waals surface area contributed by atoms with Crippen LogP contribution in [0.25, 0.3) is 0 Å². The van der Waals surface area contributed by atoms with E-state index in [9.17, 15) is 0 Å². The fourth-order valence-electron chi connectivity index (χ4n) is 3.12. The number of nitrogens with one attached hydrogen (secondary N) is 1. The summed E-state index contributed by atoms with van der Waals surface area (Å²) in [5.41, 5.74) is 2.71. The Labute approximate surface area is 129 Å². The third kappa shape index (κ3) is 5.42. The van der Waals surface area contributed by atoms with Crippen LogP contribution in [0.3, 0.4) is 0 Å². The van der Waals surface area contributed by atoms with Gasteiger partial charge in [-0.3, -0.25) is 4.90 Å². The molecular weight excluding hydrogens is 260 g/mol. The average molecular weight is 290 g/mol. The maximum absolute atomic E-state index is 5.98. The van der Waals surface area contributed by atoms with Gasteiger partial charge in [-0.25, -0.2) is 0 Å². The van der Waals surface area contributed by atoms with Gasteiger partial charge in [0.15, 0.2) is 0 Å². The van der Waals surface area contributed by atoms with Gasteiger partial charge in [0.25, 0.3) is 0 Å². The normalized spacial score (nSPS) is 22.7. The summed E-state index contributed by atoms with van der Waals surface area (Å²) in [6.45, 7) is 14.8. The van der Waals surface area contributed by atoms with Crippen LogP contribution in [0, 0.1) is 0 Å². The van der Waals surface area contributed by atoms with Crippen molar-refractivity contribution in [2.24, 2.45) is 0 Å². The predicted molar refractivity (Wildman–Crippen MR) is 88.3 cm³/mol. The quantitative estimate of drug-likeness (QED) is 0.901. The fraction of sp³-hybridized carbons (Fsp3) is 0.667. The summed E-state index contributed by atoms with van der Waals surface area (Å²) in [5.74, 6) is 0. The highest BCUT2D eigenvalue weighted by atomic mass is 16.5. The molecule has 1 fully saturated rings. The largest absolute Gasteiger partial charge is 0.370 e. The molecule has 0 spiro atoms. The van der Waals surface area contributed by atoms with E-state index in [0.717, 1.165) is 26.2 Å². The molecule has 1 aromatic rings. The zero-order valence-electron chi connectivity index (χ0n) is 14.1. The van der Waals surface area contributed by atoms with Crippen molar-refractivity contribution in [2.75, 3.05) is 13.1 Å². The Morgan fingerprint density at radius 2 is 2.05 bits per heavy atom. The maximum Gasteiger partial charge on any atom is 0.0757 e. The first-order valence-corrected chi connectivity index (χ1v) is 8.05. The Bertz CT molecular complexity index is 456. The molecule has 0 aliphatic carbocycles. The number of ether oxygens (including phenoxy) is 1. The highest BCUT2D eigenvalue weighted by molar-refractivity contribution is 5.23. The van der Waals surface area contributed by atoms with Crippen molar-refractivity contribution in [1.29, 1.82) is 0 Å². The molecule has 1 aliphatic rings. The van der Waals surface area contributed by atoms with Gasteiger partial charge < -0.3 is 10.1 Å². The lowest BCUT2D eigenvalue weighted by atomic mass is 10.0. The van der Waals surface area contributed by atoms with Gasteiger partial charge in [-0.05, 0) is 31.9 Å². The van der Waals surface area contributed by atoms with Gasteiger partial charge in [0, 0.05) is 32.2 Å². The van der Waals surface area contributed by atoms with E-state index >= 15 is 0 Å². The number of hydrogen-bond acceptors (Lipinski definition) is 3. The molecular formula is C18H30N2O. The highest BCUT2D eigenvalue weighted by Crippen LogP contribution is 2.22. The Morgan fingerprint density at radius 3 is 2.71 bits per heavy atom. The van der Waals surface area contributed by atoms with Gasteiger partial charge in [-0.15, -0.1) is 0 Å². The van der Waals surface area contributed by atoms with Crippen LogP contribution in [-0.4, -0.2) is 35.7 Å². The van der Waals surface area contributed by atoms with Crippen LogP contribution in [0.4, 0.5) is 0 Å². The van der Waals surface area contributed by atoms with Crippen molar-refractivity contribution in [3.05, 3.63) is 35.4 Å². The summed E-state index contributed by atoms with van der Waals surface area (Å²) in [6.07, 6.45) is 0.305. The first-order valence-electron chi connectivity index (χ1n) is 8.05. The van der Waals surface area contributed by atoms with Crippen LogP contribution < -0.4 is 5.32 Å². The van der Waals surface area contributed by atoms with E-state index in [1.54, 1.807) is 0 Å². The second-order valence-corrected chi connectivity index (χ2v) is 7.21. The van der Waals surface area contributed by atoms with E-state index in [1.807, 2.05) is 0 Å². The summed E-state index contributed by atoms with van der Waals surface area (Å²) in [4.78, 5) is 2.50. The van der Waals surface area contributed by atoms with E-state index < -0.39 is 0 Å². The summed E-state index contributed by atoms with van der Waals surface area (Å²) >= 11 is 0. The smallest absolute Gasteiger partial charge is 0.0757 e. The molecule has 0 bridgehead atoms. The standard InChI is InChI=1S/C18H30N2O/c1-14(2)19-10-16-7-6-8-17(9-16)12-20-11-15(3)21-18(4,5)13-20/h6-9,14-15,19H,10-13H2,1-5H3. The molecule has 0 aromatic heterocycles. The fourth-order valence-corrected chi connectivity index (χ4v) is 3.12. The van der Waals surface area contributed by atoms with E-state index in [4.69, 9.17) is 4.74 Å². The number of rotatable bonds is 5. The maximum atomic E-state index is 5.98. The molecule has 0 amide bonds. The molecule has 1 saturated heterocycles. The number of benzene rings is 1. The van der Waals surface area contributed by atoms with Crippen LogP contribution in [-0.2, 0) is 17.8 Å². The molecule has 1 unspecified atom stereocenters. The summed E-state index contributed by atoms with van der Waals surface area (Å²) in [7, 11) is 0. The average Bonchev–Trinajstić information content (AvgIpc) is 2.34. The van der Waals surface area contributed by atoms with Crippen molar-refractivity contribution < 1.29 is 4.74 Å². The third-order valence-corrected chi connectivity index (χ3v) is 3.75. The number of morpholine rings is 1. The van der Waals surface area contributed by atoms with E-state index in [0.29, 0.717) is 12.1 Å². The minimum absolute atomic E-state index is 0.0471. The Hall–Kier alpha value is -0.900. The van der Waals surface area contributed by atoms with Gasteiger partial charge in [-0.2, -0.15) is 0 Å². The third-order valence-electron chi connectivity index (χ3n) is 3.75. The molecule has 0 radical (unpaired) electrons. The van der Waals surface area contributed by atoms with Crippen molar-refractivity contribution >= 4 is 0 Å². The Morgan fingerprint density at radius 1 is 1.33 bits per heavy atom. The van der Waals surface area contributed by atoms with Gasteiger partial charge in [-0.1, -0.05) is 38.1 Å². The first kappa shape index (κ1) is 16.5. The van der Waals surface area contributed by atoms with Crippen molar-refractivity contribution in [2.45, 2.75) is 65.5 Å². The van der Waals surface area contributed by atoms with Crippen LogP contribution >= 0.6 is 0 Å². The van der Waals surface area contributed by atoms with Gasteiger partial charge >= 0.3 is 0 Å². The molecule has 1 aromatic carbocycles. The van der Waals surface area contributed by atoms with Crippen LogP contribution in [0.5, 0.6) is 0 Å². The van der Waals surface area contributed by atoms with Crippen molar-refractivity contribution in [3.8, 4) is 0 Å². The van der Waals surface area contributed by atoms with Crippen LogP contribution in [0.1, 0.15) is 45.7 Å². The van der Waals surface area contributed by atoms with E-state index in [-0.39, 0.29) is 5.60 Å². The lowest BCUT2D eigenvalue weighted by Crippen LogP contribution is -2.51. The van der Waals surface area contributed by atoms with Crippen molar-refractivity contribution in [3.63, 3.8) is 0 Å². The second-order valence-electron chi connectivity index (χ2n) is 7.21. The van der Waals surface area contributed by atoms with Gasteiger partial charge in [0.1, 0.15) is 0 Å². The van der Waals surface area contributed by atoms with Crippen LogP contribution in [0.2, 0.25) is 0 Å². The predicted octanol–water partition coefficient (Wildman–Crippen LogP) is 3.18. The van der Waals surface area contributed by atoms with Crippen LogP contribution in [0.15, 0.2) is 24.3 Å². The van der Waals surface area contributed by atoms with E-state index in [1.165, 1.54) is 11.1 Å². The molecule has 2 rings (SSSR count). The lowest BCUT2D eigenvalue weighted by molar-refractivity contribution is -0.130. The Balaban J connectivity index is 1.97. The lowest BCUT2D eigenvalue weighted by Gasteiger charge is -2.41. The number of nitrogens with zero attached hydrogens (tertiary/aromatic N) is 1. The van der Waals surface area contributed by atoms with E-state index in [2.05, 4.69) is 69.1 Å². The highest BCUT2D eigenvalue weighted by Gasteiger charge is 2.31. The molecule has 118 valence electrons. The SMILES string of the molecule is CC(C)NCc1cccc(CN2CC(C)OC(C)(C)C2)c1. The molecule has 1 heterocycles. The Kier molecular flexibility index (Phi) is 5.42. The minimum Gasteiger partial charge on any atom is -0.370 e. The molecule has 1 aliphatic heterocycles. The summed E-state index contributed by atoms with van der Waals surface area (Å²) < 4.78 is 5.98. The van der Waals surface area contributed by atoms with Gasteiger partial charge in [0.2, 0.25) is 0 Å². The molecule has 1 atom stereocenters. The molecule has 1 N–H and O–H groups in total. The molecule has 3 heteroatoms. The topological polar surface area (TPSA) is 24.5 Å². The minimum atomic E-state index is -0.0471. The molecule has 0 saturated carbocycles. The van der Waals surface area contributed by atoms with Crippen molar-refractivity contribution in [1.82, 2.24) is 10.2 Å². The first-order chi connectivity index (χ1) is 9.84. The zero-order valence-corrected chi connectivity index (χ0v) is 14.1. The zero-order chi connectivity index (χ0) is 15.5. The monoisotopic (exact) mass is 290 g/mol. The molecule has 21 heavy (non-hydrogen) atoms. The summed E-state index contributed by atoms with van der Waals surface area (Å²) in [5, 5.41) is 3.48. The number of hydrogen-bond donors (Lipinski definition) is 1.